The summed E-state index contributed by atoms with van der Waals surface area (Å²) in [5.41, 5.74) is 0.267. The molecule has 0 aliphatic carbocycles. The van der Waals surface area contributed by atoms with Gasteiger partial charge in [0.25, 0.3) is 0 Å². The number of aromatic nitrogens is 2. The number of furan rings is 1. The van der Waals surface area contributed by atoms with Crippen molar-refractivity contribution in [3.05, 3.63) is 32.7 Å². The molecule has 9 heteroatoms. The standard InChI is InChI=1S/C14H18Br2N4O3/c1-14(2,3)23-13(21)19-12-8(6-18-20-12)5-17-7-9-4-10(15)11(16)22-9/h4,6,17H,5,7H2,1-3H3,(H2,18,19,20,21). The molecular formula is C14H18Br2N4O3. The number of carbonyl (C=O) groups excluding carboxylic acids is 1. The van der Waals surface area contributed by atoms with E-state index >= 15 is 0 Å². The number of ether oxygens (including phenoxy) is 1. The molecule has 2 aromatic heterocycles. The van der Waals surface area contributed by atoms with Crippen LogP contribution in [0.5, 0.6) is 0 Å². The Morgan fingerprint density at radius 2 is 2.13 bits per heavy atom. The molecule has 2 rings (SSSR count). The van der Waals surface area contributed by atoms with Crippen LogP contribution in [0, 0.1) is 0 Å². The van der Waals surface area contributed by atoms with Crippen molar-refractivity contribution < 1.29 is 13.9 Å². The molecule has 0 saturated carbocycles. The highest BCUT2D eigenvalue weighted by molar-refractivity contribution is 9.13. The van der Waals surface area contributed by atoms with Gasteiger partial charge >= 0.3 is 6.09 Å². The summed E-state index contributed by atoms with van der Waals surface area (Å²) in [5.74, 6) is 1.29. The predicted octanol–water partition coefficient (Wildman–Crippen LogP) is 4.16. The first-order valence-electron chi connectivity index (χ1n) is 6.91. The molecule has 126 valence electrons. The second kappa shape index (κ2) is 7.50. The molecule has 23 heavy (non-hydrogen) atoms. The largest absolute Gasteiger partial charge is 0.452 e. The summed E-state index contributed by atoms with van der Waals surface area (Å²) in [6, 6.07) is 1.88. The van der Waals surface area contributed by atoms with Crippen LogP contribution in [0.25, 0.3) is 0 Å². The fourth-order valence-corrected chi connectivity index (χ4v) is 2.42. The average Bonchev–Trinajstić information content (AvgIpc) is 2.95. The van der Waals surface area contributed by atoms with Crippen LogP contribution < -0.4 is 10.6 Å². The number of carbonyl (C=O) groups is 1. The van der Waals surface area contributed by atoms with E-state index in [1.807, 2.05) is 26.8 Å². The molecule has 0 atom stereocenters. The third-order valence-electron chi connectivity index (χ3n) is 2.65. The molecule has 0 aliphatic heterocycles. The zero-order valence-electron chi connectivity index (χ0n) is 13.0. The number of hydrogen-bond acceptors (Lipinski definition) is 5. The van der Waals surface area contributed by atoms with Crippen molar-refractivity contribution in [2.75, 3.05) is 5.32 Å². The van der Waals surface area contributed by atoms with E-state index < -0.39 is 11.7 Å². The molecular weight excluding hydrogens is 432 g/mol. The molecule has 0 bridgehead atoms. The zero-order valence-corrected chi connectivity index (χ0v) is 16.2. The third kappa shape index (κ3) is 5.67. The first-order valence-corrected chi connectivity index (χ1v) is 8.50. The van der Waals surface area contributed by atoms with E-state index in [0.717, 1.165) is 15.8 Å². The molecule has 2 heterocycles. The smallest absolute Gasteiger partial charge is 0.413 e. The zero-order chi connectivity index (χ0) is 17.0. The van der Waals surface area contributed by atoms with Gasteiger partial charge < -0.3 is 14.5 Å². The van der Waals surface area contributed by atoms with Crippen LogP contribution in [0.1, 0.15) is 32.1 Å². The number of aromatic amines is 1. The minimum Gasteiger partial charge on any atom is -0.452 e. The summed E-state index contributed by atoms with van der Waals surface area (Å²) >= 11 is 6.66. The van der Waals surface area contributed by atoms with Gasteiger partial charge in [0.1, 0.15) is 17.2 Å². The van der Waals surface area contributed by atoms with Crippen molar-refractivity contribution in [3.8, 4) is 0 Å². The maximum absolute atomic E-state index is 11.8. The van der Waals surface area contributed by atoms with E-state index in [2.05, 4.69) is 52.7 Å². The third-order valence-corrected chi connectivity index (χ3v) is 4.36. The molecule has 7 nitrogen and oxygen atoms in total. The van der Waals surface area contributed by atoms with Crippen LogP contribution in [-0.2, 0) is 17.8 Å². The molecule has 0 radical (unpaired) electrons. The molecule has 0 aliphatic rings. The van der Waals surface area contributed by atoms with Crippen LogP contribution >= 0.6 is 31.9 Å². The van der Waals surface area contributed by atoms with E-state index in [4.69, 9.17) is 9.15 Å². The highest BCUT2D eigenvalue weighted by Gasteiger charge is 2.18. The van der Waals surface area contributed by atoms with Crippen LogP contribution in [0.4, 0.5) is 10.6 Å². The number of halogens is 2. The Morgan fingerprint density at radius 3 is 2.74 bits per heavy atom. The molecule has 0 fully saturated rings. The topological polar surface area (TPSA) is 92.2 Å². The number of hydrogen-bond donors (Lipinski definition) is 3. The van der Waals surface area contributed by atoms with Crippen molar-refractivity contribution in [2.24, 2.45) is 0 Å². The van der Waals surface area contributed by atoms with Crippen LogP contribution in [0.15, 0.2) is 25.8 Å². The second-order valence-corrected chi connectivity index (χ2v) is 7.41. The van der Waals surface area contributed by atoms with E-state index in [9.17, 15) is 4.79 Å². The van der Waals surface area contributed by atoms with Gasteiger partial charge in [0.05, 0.1) is 17.2 Å². The molecule has 0 aromatic carbocycles. The SMILES string of the molecule is CC(C)(C)OC(=O)Nc1[nH]ncc1CNCc1cc(Br)c(Br)o1. The van der Waals surface area contributed by atoms with Crippen molar-refractivity contribution in [3.63, 3.8) is 0 Å². The summed E-state index contributed by atoms with van der Waals surface area (Å²) in [4.78, 5) is 11.8. The Morgan fingerprint density at radius 1 is 1.39 bits per heavy atom. The first-order chi connectivity index (χ1) is 10.7. The predicted molar refractivity (Wildman–Crippen MR) is 93.1 cm³/mol. The lowest BCUT2D eigenvalue weighted by Crippen LogP contribution is -2.27. The molecule has 1 amide bonds. The Bertz CT molecular complexity index is 656. The summed E-state index contributed by atoms with van der Waals surface area (Å²) in [7, 11) is 0. The number of nitrogens with one attached hydrogen (secondary N) is 3. The first kappa shape index (κ1) is 18.0. The van der Waals surface area contributed by atoms with Gasteiger partial charge in [-0.15, -0.1) is 0 Å². The number of anilines is 1. The van der Waals surface area contributed by atoms with Crippen LogP contribution in [0.3, 0.4) is 0 Å². The minimum absolute atomic E-state index is 0.508. The molecule has 0 saturated heterocycles. The van der Waals surface area contributed by atoms with Gasteiger partial charge in [-0.25, -0.2) is 4.79 Å². The Kier molecular flexibility index (Phi) is 5.88. The molecule has 0 spiro atoms. The van der Waals surface area contributed by atoms with Crippen LogP contribution in [0.2, 0.25) is 0 Å². The molecule has 3 N–H and O–H groups in total. The summed E-state index contributed by atoms with van der Waals surface area (Å²) in [6.07, 6.45) is 1.12. The van der Waals surface area contributed by atoms with Crippen molar-refractivity contribution in [1.29, 1.82) is 0 Å². The summed E-state index contributed by atoms with van der Waals surface area (Å²) in [5, 5.41) is 12.6. The van der Waals surface area contributed by atoms with Gasteiger partial charge in [0.15, 0.2) is 4.67 Å². The average molecular weight is 450 g/mol. The summed E-state index contributed by atoms with van der Waals surface area (Å²) < 4.78 is 12.2. The molecule has 0 unspecified atom stereocenters. The maximum Gasteiger partial charge on any atom is 0.413 e. The van der Waals surface area contributed by atoms with E-state index in [0.29, 0.717) is 23.6 Å². The van der Waals surface area contributed by atoms with Gasteiger partial charge in [-0.2, -0.15) is 5.10 Å². The highest BCUT2D eigenvalue weighted by Crippen LogP contribution is 2.26. The van der Waals surface area contributed by atoms with E-state index in [1.165, 1.54) is 0 Å². The molecule has 2 aromatic rings. The number of rotatable bonds is 5. The summed E-state index contributed by atoms with van der Waals surface area (Å²) in [6.45, 7) is 6.48. The Balaban J connectivity index is 1.87. The Hall–Kier alpha value is -1.32. The monoisotopic (exact) mass is 448 g/mol. The van der Waals surface area contributed by atoms with Gasteiger partial charge in [0.2, 0.25) is 0 Å². The van der Waals surface area contributed by atoms with Gasteiger partial charge in [-0.05, 0) is 58.7 Å². The number of amides is 1. The van der Waals surface area contributed by atoms with E-state index in [-0.39, 0.29) is 0 Å². The minimum atomic E-state index is -0.553. The second-order valence-electron chi connectivity index (χ2n) is 5.84. The quantitative estimate of drug-likeness (QED) is 0.637. The fourth-order valence-electron chi connectivity index (χ4n) is 1.76. The lowest BCUT2D eigenvalue weighted by atomic mass is 10.2. The van der Waals surface area contributed by atoms with E-state index in [1.54, 1.807) is 6.20 Å². The van der Waals surface area contributed by atoms with Gasteiger partial charge in [-0.3, -0.25) is 10.4 Å². The number of nitrogens with zero attached hydrogens (tertiary/aromatic N) is 1. The Labute approximate surface area is 150 Å². The fraction of sp³-hybridized carbons (Fsp3) is 0.429. The van der Waals surface area contributed by atoms with Crippen molar-refractivity contribution in [1.82, 2.24) is 15.5 Å². The maximum atomic E-state index is 11.8. The van der Waals surface area contributed by atoms with Crippen molar-refractivity contribution in [2.45, 2.75) is 39.5 Å². The van der Waals surface area contributed by atoms with Gasteiger partial charge in [0, 0.05) is 12.1 Å². The normalized spacial score (nSPS) is 11.5. The van der Waals surface area contributed by atoms with Crippen molar-refractivity contribution >= 4 is 43.8 Å². The number of H-pyrrole nitrogens is 1. The lowest BCUT2D eigenvalue weighted by Gasteiger charge is -2.19. The van der Waals surface area contributed by atoms with Gasteiger partial charge in [-0.1, -0.05) is 0 Å². The van der Waals surface area contributed by atoms with Crippen LogP contribution in [-0.4, -0.2) is 21.9 Å². The highest BCUT2D eigenvalue weighted by atomic mass is 79.9. The lowest BCUT2D eigenvalue weighted by molar-refractivity contribution is 0.0635.